The van der Waals surface area contributed by atoms with Crippen LogP contribution in [0.2, 0.25) is 0 Å². The molecule has 0 unspecified atom stereocenters. The third-order valence-electron chi connectivity index (χ3n) is 2.33. The first-order valence-corrected chi connectivity index (χ1v) is 9.83. The molecule has 0 aliphatic carbocycles. The third-order valence-corrected chi connectivity index (χ3v) is 3.50. The SMILES string of the molecule is CCN1C=CN(C)C1.O=S(=O)(O)C(F)(F)F.O=S(=O)(O)C(F)(F)F.c1c[nH]cn1. The van der Waals surface area contributed by atoms with E-state index < -0.39 is 31.3 Å². The second-order valence-electron chi connectivity index (χ2n) is 4.70. The summed E-state index contributed by atoms with van der Waals surface area (Å²) in [6, 6.07) is 0. The number of hydrogen-bond acceptors (Lipinski definition) is 7. The van der Waals surface area contributed by atoms with Gasteiger partial charge >= 0.3 is 31.3 Å². The molecule has 0 saturated heterocycles. The monoisotopic (exact) mass is 480 g/mol. The van der Waals surface area contributed by atoms with Crippen molar-refractivity contribution in [2.75, 3.05) is 20.3 Å². The maximum atomic E-state index is 10.7. The molecule has 0 radical (unpaired) electrons. The van der Waals surface area contributed by atoms with Crippen LogP contribution in [-0.4, -0.2) is 77.0 Å². The quantitative estimate of drug-likeness (QED) is 0.312. The molecular weight excluding hydrogens is 462 g/mol. The van der Waals surface area contributed by atoms with Crippen molar-refractivity contribution in [1.82, 2.24) is 19.8 Å². The molecule has 172 valence electrons. The smallest absolute Gasteiger partial charge is 0.362 e. The molecule has 0 fully saturated rings. The van der Waals surface area contributed by atoms with Gasteiger partial charge in [-0.05, 0) is 6.92 Å². The largest absolute Gasteiger partial charge is 0.522 e. The molecule has 2 rings (SSSR count). The van der Waals surface area contributed by atoms with Crippen LogP contribution >= 0.6 is 0 Å². The zero-order valence-corrected chi connectivity index (χ0v) is 16.4. The lowest BCUT2D eigenvalue weighted by Crippen LogP contribution is -2.21. The van der Waals surface area contributed by atoms with Crippen LogP contribution in [0.3, 0.4) is 0 Å². The van der Waals surface area contributed by atoms with Crippen molar-refractivity contribution < 1.29 is 52.3 Å². The van der Waals surface area contributed by atoms with E-state index in [1.165, 1.54) is 0 Å². The van der Waals surface area contributed by atoms with E-state index in [1.54, 1.807) is 18.7 Å². The minimum Gasteiger partial charge on any atom is -0.362 e. The minimum atomic E-state index is -5.84. The lowest BCUT2D eigenvalue weighted by Gasteiger charge is -2.14. The molecule has 0 atom stereocenters. The van der Waals surface area contributed by atoms with E-state index in [0.29, 0.717) is 0 Å². The van der Waals surface area contributed by atoms with E-state index >= 15 is 0 Å². The number of imidazole rings is 1. The molecule has 1 aromatic rings. The fourth-order valence-electron chi connectivity index (χ4n) is 1.01. The summed E-state index contributed by atoms with van der Waals surface area (Å²) in [6.07, 6.45) is 9.28. The van der Waals surface area contributed by atoms with Gasteiger partial charge in [0.15, 0.2) is 0 Å². The highest BCUT2D eigenvalue weighted by Gasteiger charge is 2.45. The Morgan fingerprint density at radius 2 is 1.41 bits per heavy atom. The first-order chi connectivity index (χ1) is 12.8. The lowest BCUT2D eigenvalue weighted by molar-refractivity contribution is -0.0514. The van der Waals surface area contributed by atoms with Gasteiger partial charge in [-0.2, -0.15) is 43.2 Å². The minimum absolute atomic E-state index is 1.05. The van der Waals surface area contributed by atoms with Crippen LogP contribution in [-0.2, 0) is 20.2 Å². The predicted molar refractivity (Wildman–Crippen MR) is 87.9 cm³/mol. The van der Waals surface area contributed by atoms with Crippen LogP contribution in [0.25, 0.3) is 0 Å². The zero-order chi connectivity index (χ0) is 23.5. The van der Waals surface area contributed by atoms with Crippen molar-refractivity contribution >= 4 is 20.2 Å². The topological polar surface area (TPSA) is 144 Å². The van der Waals surface area contributed by atoms with E-state index in [2.05, 4.69) is 46.1 Å². The number of alkyl halides is 6. The molecule has 0 bridgehead atoms. The normalized spacial score (nSPS) is 14.1. The Kier molecular flexibility index (Phi) is 11.9. The number of H-pyrrole nitrogens is 1. The molecule has 0 spiro atoms. The van der Waals surface area contributed by atoms with Crippen molar-refractivity contribution in [3.8, 4) is 0 Å². The van der Waals surface area contributed by atoms with Crippen molar-refractivity contribution in [1.29, 1.82) is 0 Å². The van der Waals surface area contributed by atoms with Crippen LogP contribution in [0.15, 0.2) is 31.1 Å². The number of halogens is 6. The van der Waals surface area contributed by atoms with E-state index in [-0.39, 0.29) is 0 Å². The molecule has 1 aliphatic heterocycles. The Morgan fingerprint density at radius 3 is 1.52 bits per heavy atom. The third kappa shape index (κ3) is 14.6. The van der Waals surface area contributed by atoms with Gasteiger partial charge in [-0.15, -0.1) is 0 Å². The van der Waals surface area contributed by atoms with Gasteiger partial charge in [0.05, 0.1) is 13.0 Å². The standard InChI is InChI=1S/C6H12N2.C3H4N2.2CHF3O3S/c1-3-8-5-4-7(2)6-8;1-2-5-3-4-1;2*2-1(3,4)8(5,6)7/h4-5H,3,6H2,1-2H3;1-3H,(H,4,5);2*(H,5,6,7). The lowest BCUT2D eigenvalue weighted by atomic mass is 10.6. The molecule has 0 saturated carbocycles. The molecule has 29 heavy (non-hydrogen) atoms. The number of aromatic nitrogens is 2. The summed E-state index contributed by atoms with van der Waals surface area (Å²) in [5, 5.41) is 0. The van der Waals surface area contributed by atoms with Crippen LogP contribution in [0.5, 0.6) is 0 Å². The fraction of sp³-hybridized carbons (Fsp3) is 0.545. The highest BCUT2D eigenvalue weighted by atomic mass is 32.2. The zero-order valence-electron chi connectivity index (χ0n) is 14.8. The van der Waals surface area contributed by atoms with Gasteiger partial charge in [-0.25, -0.2) is 4.98 Å². The molecule has 10 nitrogen and oxygen atoms in total. The van der Waals surface area contributed by atoms with Crippen LogP contribution in [0.1, 0.15) is 6.92 Å². The van der Waals surface area contributed by atoms with E-state index in [0.717, 1.165) is 13.2 Å². The summed E-state index contributed by atoms with van der Waals surface area (Å²) in [6.45, 7) is 4.32. The number of nitrogens with zero attached hydrogens (tertiary/aromatic N) is 3. The van der Waals surface area contributed by atoms with Crippen molar-refractivity contribution in [2.24, 2.45) is 0 Å². The van der Waals surface area contributed by atoms with Gasteiger partial charge in [-0.1, -0.05) is 0 Å². The Hall–Kier alpha value is -2.05. The second-order valence-corrected chi connectivity index (χ2v) is 7.53. The number of rotatable bonds is 1. The summed E-state index contributed by atoms with van der Waals surface area (Å²) >= 11 is 0. The van der Waals surface area contributed by atoms with E-state index in [9.17, 15) is 26.3 Å². The highest BCUT2D eigenvalue weighted by Crippen LogP contribution is 2.21. The second kappa shape index (κ2) is 11.8. The molecule has 18 heteroatoms. The summed E-state index contributed by atoms with van der Waals surface area (Å²) in [7, 11) is -9.60. The Bertz CT molecular complexity index is 734. The van der Waals surface area contributed by atoms with Crippen LogP contribution in [0.4, 0.5) is 26.3 Å². The number of hydrogen-bond donors (Lipinski definition) is 3. The molecule has 0 aromatic carbocycles. The van der Waals surface area contributed by atoms with Crippen LogP contribution in [0, 0.1) is 0 Å². The van der Waals surface area contributed by atoms with Gasteiger partial charge < -0.3 is 14.8 Å². The molecule has 1 aliphatic rings. The summed E-state index contributed by atoms with van der Waals surface area (Å²) in [5.41, 5.74) is -11.1. The molecule has 0 amide bonds. The van der Waals surface area contributed by atoms with E-state index in [1.807, 2.05) is 0 Å². The van der Waals surface area contributed by atoms with Crippen molar-refractivity contribution in [2.45, 2.75) is 17.9 Å². The molecule has 1 aromatic heterocycles. The average molecular weight is 480 g/mol. The summed E-state index contributed by atoms with van der Waals surface area (Å²) in [5.74, 6) is 0. The van der Waals surface area contributed by atoms with Gasteiger partial charge in [0.1, 0.15) is 0 Å². The number of aromatic amines is 1. The van der Waals surface area contributed by atoms with Crippen molar-refractivity contribution in [3.05, 3.63) is 31.1 Å². The van der Waals surface area contributed by atoms with Gasteiger partial charge in [0.25, 0.3) is 0 Å². The number of nitrogens with one attached hydrogen (secondary N) is 1. The van der Waals surface area contributed by atoms with Gasteiger partial charge in [0.2, 0.25) is 0 Å². The Morgan fingerprint density at radius 1 is 1.00 bits per heavy atom. The van der Waals surface area contributed by atoms with E-state index in [4.69, 9.17) is 25.9 Å². The Balaban J connectivity index is 0. The Labute approximate surface area is 162 Å². The maximum absolute atomic E-state index is 10.7. The van der Waals surface area contributed by atoms with Crippen molar-refractivity contribution in [3.63, 3.8) is 0 Å². The first kappa shape index (κ1) is 29.2. The predicted octanol–water partition coefficient (Wildman–Crippen LogP) is 1.88. The first-order valence-electron chi connectivity index (χ1n) is 6.95. The van der Waals surface area contributed by atoms with Gasteiger partial charge in [0, 0.05) is 38.4 Å². The fourth-order valence-corrected chi connectivity index (χ4v) is 1.01. The summed E-state index contributed by atoms with van der Waals surface area (Å²) < 4.78 is 115. The molecular formula is C11H18F6N4O6S2. The molecule has 2 heterocycles. The maximum Gasteiger partial charge on any atom is 0.522 e. The summed E-state index contributed by atoms with van der Waals surface area (Å²) in [4.78, 5) is 10.8. The average Bonchev–Trinajstić information content (AvgIpc) is 3.18. The van der Waals surface area contributed by atoms with Gasteiger partial charge in [-0.3, -0.25) is 9.11 Å². The molecule has 3 N–H and O–H groups in total. The van der Waals surface area contributed by atoms with Crippen LogP contribution < -0.4 is 0 Å². The highest BCUT2D eigenvalue weighted by molar-refractivity contribution is 7.86.